The van der Waals surface area contributed by atoms with Crippen molar-refractivity contribution in [3.63, 3.8) is 0 Å². The number of nitrogens with zero attached hydrogens (tertiary/aromatic N) is 4. The molecule has 24 heavy (non-hydrogen) atoms. The van der Waals surface area contributed by atoms with E-state index in [4.69, 9.17) is 9.98 Å². The van der Waals surface area contributed by atoms with Crippen molar-refractivity contribution in [2.45, 2.75) is 31.7 Å². The van der Waals surface area contributed by atoms with E-state index in [1.54, 1.807) is 0 Å². The minimum Gasteiger partial charge on any atom is -0.371 e. The molecule has 0 saturated carbocycles. The lowest BCUT2D eigenvalue weighted by molar-refractivity contribution is 0.263. The van der Waals surface area contributed by atoms with Crippen LogP contribution in [0, 0.1) is 5.92 Å². The summed E-state index contributed by atoms with van der Waals surface area (Å²) >= 11 is 0. The van der Waals surface area contributed by atoms with Gasteiger partial charge in [-0.2, -0.15) is 0 Å². The zero-order valence-electron chi connectivity index (χ0n) is 14.1. The van der Waals surface area contributed by atoms with Crippen molar-refractivity contribution in [2.75, 3.05) is 31.1 Å². The van der Waals surface area contributed by atoms with Crippen LogP contribution in [0.5, 0.6) is 0 Å². The maximum atomic E-state index is 4.76. The van der Waals surface area contributed by atoms with E-state index in [1.165, 1.54) is 50.0 Å². The highest BCUT2D eigenvalue weighted by Crippen LogP contribution is 2.36. The maximum Gasteiger partial charge on any atom is 0.0944 e. The van der Waals surface area contributed by atoms with Gasteiger partial charge in [-0.3, -0.25) is 14.9 Å². The van der Waals surface area contributed by atoms with Crippen LogP contribution in [0.2, 0.25) is 0 Å². The van der Waals surface area contributed by atoms with Crippen LogP contribution in [0.15, 0.2) is 35.6 Å². The maximum absolute atomic E-state index is 4.76. The molecule has 0 radical (unpaired) electrons. The second kappa shape index (κ2) is 5.85. The van der Waals surface area contributed by atoms with Gasteiger partial charge < -0.3 is 4.90 Å². The van der Waals surface area contributed by atoms with Gasteiger partial charge in [0.25, 0.3) is 0 Å². The van der Waals surface area contributed by atoms with E-state index >= 15 is 0 Å². The van der Waals surface area contributed by atoms with Crippen molar-refractivity contribution >= 4 is 17.5 Å². The molecule has 124 valence electrons. The third kappa shape index (κ3) is 2.24. The number of likely N-dealkylation sites (tertiary alicyclic amines) is 1. The first-order valence-electron chi connectivity index (χ1n) is 9.33. The van der Waals surface area contributed by atoms with Crippen molar-refractivity contribution in [1.82, 2.24) is 9.88 Å². The molecular formula is C20H24N4. The van der Waals surface area contributed by atoms with E-state index in [0.29, 0.717) is 12.0 Å². The summed E-state index contributed by atoms with van der Waals surface area (Å²) in [7, 11) is 0. The Balaban J connectivity index is 1.54. The van der Waals surface area contributed by atoms with Gasteiger partial charge in [-0.05, 0) is 50.9 Å². The molecule has 4 heterocycles. The van der Waals surface area contributed by atoms with Crippen LogP contribution >= 0.6 is 0 Å². The molecule has 1 aromatic heterocycles. The Kier molecular flexibility index (Phi) is 3.51. The summed E-state index contributed by atoms with van der Waals surface area (Å²) < 4.78 is 0. The first-order valence-corrected chi connectivity index (χ1v) is 9.33. The molecule has 5 rings (SSSR count). The molecule has 0 bridgehead atoms. The summed E-state index contributed by atoms with van der Waals surface area (Å²) in [6, 6.07) is 2.62. The zero-order valence-corrected chi connectivity index (χ0v) is 14.1. The van der Waals surface area contributed by atoms with Crippen LogP contribution in [0.3, 0.4) is 0 Å². The second-order valence-electron chi connectivity index (χ2n) is 7.26. The molecule has 4 aliphatic rings. The molecule has 2 unspecified atom stereocenters. The van der Waals surface area contributed by atoms with Crippen LogP contribution in [-0.2, 0) is 0 Å². The normalized spacial score (nSPS) is 28.8. The fourth-order valence-electron chi connectivity index (χ4n) is 4.66. The Morgan fingerprint density at radius 2 is 1.75 bits per heavy atom. The van der Waals surface area contributed by atoms with E-state index in [9.17, 15) is 0 Å². The van der Waals surface area contributed by atoms with Gasteiger partial charge in [-0.25, -0.2) is 0 Å². The van der Waals surface area contributed by atoms with E-state index in [0.717, 1.165) is 24.5 Å². The summed E-state index contributed by atoms with van der Waals surface area (Å²) in [5.41, 5.74) is 4.86. The van der Waals surface area contributed by atoms with Crippen molar-refractivity contribution in [3.05, 3.63) is 41.9 Å². The third-order valence-corrected chi connectivity index (χ3v) is 5.87. The molecule has 1 aromatic rings. The van der Waals surface area contributed by atoms with Gasteiger partial charge in [0.05, 0.1) is 11.4 Å². The lowest BCUT2D eigenvalue weighted by atomic mass is 9.83. The first kappa shape index (κ1) is 14.4. The van der Waals surface area contributed by atoms with Crippen LogP contribution in [0.4, 0.5) is 5.69 Å². The number of hydrogen-bond donors (Lipinski definition) is 0. The smallest absolute Gasteiger partial charge is 0.0944 e. The summed E-state index contributed by atoms with van der Waals surface area (Å²) in [6.07, 6.45) is 16.2. The third-order valence-electron chi connectivity index (χ3n) is 5.87. The van der Waals surface area contributed by atoms with Crippen LogP contribution in [0.1, 0.15) is 36.9 Å². The number of fused-ring (bicyclic) bond motifs is 3. The molecule has 2 atom stereocenters. The number of aromatic nitrogens is 1. The molecule has 4 nitrogen and oxygen atoms in total. The molecule has 3 aliphatic heterocycles. The monoisotopic (exact) mass is 320 g/mol. The first-order chi connectivity index (χ1) is 11.9. The molecule has 2 saturated heterocycles. The Hall–Kier alpha value is -1.94. The fraction of sp³-hybridized carbons (Fsp3) is 0.500. The Bertz CT molecular complexity index is 721. The predicted octanol–water partition coefficient (Wildman–Crippen LogP) is 3.11. The number of aliphatic imine (C=N–C) groups is 1. The molecule has 0 N–H and O–H groups in total. The van der Waals surface area contributed by atoms with Crippen molar-refractivity contribution in [1.29, 1.82) is 0 Å². The highest BCUT2D eigenvalue weighted by molar-refractivity contribution is 6.09. The average molecular weight is 320 g/mol. The quantitative estimate of drug-likeness (QED) is 0.839. The van der Waals surface area contributed by atoms with Gasteiger partial charge in [0, 0.05) is 48.7 Å². The van der Waals surface area contributed by atoms with Crippen molar-refractivity contribution in [2.24, 2.45) is 10.9 Å². The van der Waals surface area contributed by atoms with Crippen LogP contribution in [-0.4, -0.2) is 47.8 Å². The number of pyridine rings is 1. The topological polar surface area (TPSA) is 31.7 Å². The summed E-state index contributed by atoms with van der Waals surface area (Å²) in [6.45, 7) is 4.74. The fourth-order valence-corrected chi connectivity index (χ4v) is 4.66. The minimum atomic E-state index is 0.349. The highest BCUT2D eigenvalue weighted by atomic mass is 15.2. The molecule has 0 amide bonds. The van der Waals surface area contributed by atoms with Crippen molar-refractivity contribution in [3.8, 4) is 0 Å². The highest BCUT2D eigenvalue weighted by Gasteiger charge is 2.35. The molecule has 0 aromatic carbocycles. The van der Waals surface area contributed by atoms with E-state index in [1.807, 2.05) is 12.4 Å². The van der Waals surface area contributed by atoms with Gasteiger partial charge in [0.2, 0.25) is 0 Å². The Labute approximate surface area is 143 Å². The minimum absolute atomic E-state index is 0.349. The largest absolute Gasteiger partial charge is 0.371 e. The zero-order chi connectivity index (χ0) is 15.9. The molecule has 2 fully saturated rings. The second-order valence-corrected chi connectivity index (χ2v) is 7.26. The van der Waals surface area contributed by atoms with E-state index < -0.39 is 0 Å². The lowest BCUT2D eigenvalue weighted by Crippen LogP contribution is -2.42. The lowest BCUT2D eigenvalue weighted by Gasteiger charge is -2.35. The summed E-state index contributed by atoms with van der Waals surface area (Å²) in [5, 5.41) is 0. The standard InChI is InChI=1S/C20H24N4/c1-2-12-23(11-1)17-7-9-21-19-15(17)5-6-16-18(8-10-22-20(16)19)24-13-3-4-14-24/h5-10,15,17H,1-4,11-14H2. The van der Waals surface area contributed by atoms with Crippen LogP contribution < -0.4 is 4.90 Å². The number of rotatable bonds is 2. The SMILES string of the molecule is C1=CC(N2CCCC2)C2C=Cc3c(N4CCCC4)ccnc3C2=N1. The van der Waals surface area contributed by atoms with E-state index in [-0.39, 0.29) is 0 Å². The van der Waals surface area contributed by atoms with E-state index in [2.05, 4.69) is 34.1 Å². The average Bonchev–Trinajstić information content (AvgIpc) is 3.34. The number of hydrogen-bond acceptors (Lipinski definition) is 4. The summed E-state index contributed by atoms with van der Waals surface area (Å²) in [4.78, 5) is 14.6. The predicted molar refractivity (Wildman–Crippen MR) is 98.5 cm³/mol. The van der Waals surface area contributed by atoms with Gasteiger partial charge in [0.15, 0.2) is 0 Å². The van der Waals surface area contributed by atoms with Gasteiger partial charge in [-0.15, -0.1) is 0 Å². The Morgan fingerprint density at radius 1 is 0.958 bits per heavy atom. The molecule has 0 spiro atoms. The van der Waals surface area contributed by atoms with Crippen LogP contribution in [0.25, 0.3) is 6.08 Å². The van der Waals surface area contributed by atoms with Gasteiger partial charge in [-0.1, -0.05) is 12.2 Å². The van der Waals surface area contributed by atoms with Gasteiger partial charge in [0.1, 0.15) is 0 Å². The Morgan fingerprint density at radius 3 is 2.58 bits per heavy atom. The molecular weight excluding hydrogens is 296 g/mol. The van der Waals surface area contributed by atoms with Crippen molar-refractivity contribution < 1.29 is 0 Å². The molecule has 1 aliphatic carbocycles. The van der Waals surface area contributed by atoms with Gasteiger partial charge >= 0.3 is 0 Å². The molecule has 4 heteroatoms. The summed E-state index contributed by atoms with van der Waals surface area (Å²) in [5.74, 6) is 0.349. The number of anilines is 1.